The van der Waals surface area contributed by atoms with E-state index in [0.29, 0.717) is 12.6 Å². The zero-order valence-electron chi connectivity index (χ0n) is 12.4. The van der Waals surface area contributed by atoms with Gasteiger partial charge < -0.3 is 14.2 Å². The van der Waals surface area contributed by atoms with Gasteiger partial charge in [0.25, 0.3) is 5.91 Å². The summed E-state index contributed by atoms with van der Waals surface area (Å²) >= 11 is 1.65. The lowest BCUT2D eigenvalue weighted by Gasteiger charge is -2.33. The zero-order valence-corrected chi connectivity index (χ0v) is 13.2. The third-order valence-electron chi connectivity index (χ3n) is 4.47. The van der Waals surface area contributed by atoms with Crippen LogP contribution in [0.4, 0.5) is 0 Å². The Morgan fingerprint density at radius 1 is 1.45 bits per heavy atom. The molecule has 2 aliphatic heterocycles. The minimum atomic E-state index is 0.171. The Hall–Kier alpha value is -1.66. The van der Waals surface area contributed by atoms with Gasteiger partial charge in [-0.1, -0.05) is 0 Å². The van der Waals surface area contributed by atoms with E-state index < -0.39 is 0 Å². The summed E-state index contributed by atoms with van der Waals surface area (Å²) in [6, 6.07) is 2.38. The van der Waals surface area contributed by atoms with Gasteiger partial charge >= 0.3 is 0 Å². The van der Waals surface area contributed by atoms with Crippen LogP contribution in [0.1, 0.15) is 39.0 Å². The van der Waals surface area contributed by atoms with Crippen LogP contribution in [0, 0.1) is 0 Å². The molecule has 5 nitrogen and oxygen atoms in total. The molecule has 1 amide bonds. The van der Waals surface area contributed by atoms with E-state index in [0.717, 1.165) is 43.8 Å². The smallest absolute Gasteiger partial charge is 0.264 e. The van der Waals surface area contributed by atoms with Crippen molar-refractivity contribution in [1.82, 2.24) is 14.5 Å². The summed E-state index contributed by atoms with van der Waals surface area (Å²) in [7, 11) is 0. The van der Waals surface area contributed by atoms with Crippen molar-refractivity contribution in [1.29, 1.82) is 0 Å². The summed E-state index contributed by atoms with van der Waals surface area (Å²) in [6.07, 6.45) is 8.72. The maximum absolute atomic E-state index is 12.8. The molecule has 2 aromatic rings. The number of amides is 1. The topological polar surface area (TPSA) is 47.4 Å². The number of aromatic nitrogens is 2. The Morgan fingerprint density at radius 3 is 3.23 bits per heavy atom. The average molecular weight is 317 g/mol. The van der Waals surface area contributed by atoms with Crippen molar-refractivity contribution in [3.63, 3.8) is 0 Å². The molecular formula is C16H19N3O2S. The number of hydrogen-bond donors (Lipinski definition) is 0. The van der Waals surface area contributed by atoms with Gasteiger partial charge in [-0.15, -0.1) is 11.3 Å². The highest BCUT2D eigenvalue weighted by Gasteiger charge is 2.27. The van der Waals surface area contributed by atoms with Crippen molar-refractivity contribution in [2.75, 3.05) is 19.7 Å². The molecule has 1 saturated heterocycles. The van der Waals surface area contributed by atoms with E-state index in [1.165, 1.54) is 10.4 Å². The molecule has 2 aromatic heterocycles. The number of likely N-dealkylation sites (tertiary alicyclic amines) is 1. The number of carbonyl (C=O) groups is 1. The summed E-state index contributed by atoms with van der Waals surface area (Å²) in [6.45, 7) is 3.04. The van der Waals surface area contributed by atoms with Crippen LogP contribution in [0.25, 0.3) is 0 Å². The molecular weight excluding hydrogens is 298 g/mol. The molecule has 0 aliphatic carbocycles. The van der Waals surface area contributed by atoms with Gasteiger partial charge in [-0.3, -0.25) is 4.79 Å². The average Bonchev–Trinajstić information content (AvgIpc) is 3.23. The van der Waals surface area contributed by atoms with Crippen molar-refractivity contribution in [3.05, 3.63) is 40.1 Å². The van der Waals surface area contributed by atoms with E-state index in [2.05, 4.69) is 9.55 Å². The van der Waals surface area contributed by atoms with Crippen molar-refractivity contribution in [2.45, 2.75) is 31.9 Å². The number of nitrogens with zero attached hydrogens (tertiary/aromatic N) is 3. The quantitative estimate of drug-likeness (QED) is 0.855. The standard InChI is InChI=1S/C16H19N3O2S/c20-16(15-8-12-10-21-7-3-14(12)22-15)18-5-1-2-13(9-18)19-6-4-17-11-19/h4,6,8,11,13H,1-3,5,7,9-10H2/t13-/m1/s1. The number of hydrogen-bond acceptors (Lipinski definition) is 4. The lowest BCUT2D eigenvalue weighted by molar-refractivity contribution is 0.0684. The lowest BCUT2D eigenvalue weighted by atomic mass is 10.1. The fraction of sp³-hybridized carbons (Fsp3) is 0.500. The van der Waals surface area contributed by atoms with Gasteiger partial charge in [0, 0.05) is 36.8 Å². The number of fused-ring (bicyclic) bond motifs is 1. The van der Waals surface area contributed by atoms with E-state index in [9.17, 15) is 4.79 Å². The van der Waals surface area contributed by atoms with E-state index in [-0.39, 0.29) is 5.91 Å². The fourth-order valence-corrected chi connectivity index (χ4v) is 4.39. The van der Waals surface area contributed by atoms with Crippen LogP contribution < -0.4 is 0 Å². The van der Waals surface area contributed by atoms with Gasteiger partial charge in [0.15, 0.2) is 0 Å². The number of rotatable bonds is 2. The van der Waals surface area contributed by atoms with Crippen LogP contribution in [0.3, 0.4) is 0 Å². The van der Waals surface area contributed by atoms with Gasteiger partial charge in [0.1, 0.15) is 0 Å². The molecule has 0 unspecified atom stereocenters. The second-order valence-corrected chi connectivity index (χ2v) is 7.06. The number of ether oxygens (including phenoxy) is 1. The number of piperidine rings is 1. The molecule has 0 spiro atoms. The monoisotopic (exact) mass is 317 g/mol. The van der Waals surface area contributed by atoms with Gasteiger partial charge in [0.2, 0.25) is 0 Å². The highest BCUT2D eigenvalue weighted by atomic mass is 32.1. The summed E-state index contributed by atoms with van der Waals surface area (Å²) < 4.78 is 7.59. The van der Waals surface area contributed by atoms with Crippen LogP contribution in [0.5, 0.6) is 0 Å². The Kier molecular flexibility index (Phi) is 3.72. The molecule has 0 radical (unpaired) electrons. The van der Waals surface area contributed by atoms with Crippen molar-refractivity contribution in [2.24, 2.45) is 0 Å². The van der Waals surface area contributed by atoms with Crippen molar-refractivity contribution < 1.29 is 9.53 Å². The van der Waals surface area contributed by atoms with E-state index in [1.807, 2.05) is 23.5 Å². The molecule has 2 aliphatic rings. The van der Waals surface area contributed by atoms with Crippen LogP contribution in [0.15, 0.2) is 24.8 Å². The molecule has 1 fully saturated rings. The summed E-state index contributed by atoms with van der Waals surface area (Å²) in [5.41, 5.74) is 1.20. The summed E-state index contributed by atoms with van der Waals surface area (Å²) in [4.78, 5) is 21.1. The van der Waals surface area contributed by atoms with Crippen LogP contribution in [-0.2, 0) is 17.8 Å². The SMILES string of the molecule is O=C(c1cc2c(s1)CCOC2)N1CCC[C@@H](n2ccnc2)C1. The molecule has 116 valence electrons. The molecule has 4 heterocycles. The first-order valence-electron chi connectivity index (χ1n) is 7.77. The Morgan fingerprint density at radius 2 is 2.41 bits per heavy atom. The Balaban J connectivity index is 1.51. The highest BCUT2D eigenvalue weighted by Crippen LogP contribution is 2.29. The Bertz CT molecular complexity index is 641. The van der Waals surface area contributed by atoms with Crippen LogP contribution in [0.2, 0.25) is 0 Å². The molecule has 0 N–H and O–H groups in total. The van der Waals surface area contributed by atoms with Crippen LogP contribution in [-0.4, -0.2) is 40.1 Å². The van der Waals surface area contributed by atoms with Crippen molar-refractivity contribution >= 4 is 17.2 Å². The lowest BCUT2D eigenvalue weighted by Crippen LogP contribution is -2.40. The van der Waals surface area contributed by atoms with E-state index >= 15 is 0 Å². The van der Waals surface area contributed by atoms with Gasteiger partial charge in [-0.25, -0.2) is 4.98 Å². The first-order chi connectivity index (χ1) is 10.8. The predicted octanol–water partition coefficient (Wildman–Crippen LogP) is 2.49. The normalized spacial score (nSPS) is 21.6. The zero-order chi connectivity index (χ0) is 14.9. The fourth-order valence-electron chi connectivity index (χ4n) is 3.28. The third-order valence-corrected chi connectivity index (χ3v) is 5.69. The maximum atomic E-state index is 12.8. The first kappa shape index (κ1) is 14.0. The maximum Gasteiger partial charge on any atom is 0.264 e. The highest BCUT2D eigenvalue weighted by molar-refractivity contribution is 7.14. The predicted molar refractivity (Wildman–Crippen MR) is 84.1 cm³/mol. The van der Waals surface area contributed by atoms with E-state index in [4.69, 9.17) is 4.74 Å². The van der Waals surface area contributed by atoms with Gasteiger partial charge in [0.05, 0.1) is 30.5 Å². The minimum absolute atomic E-state index is 0.171. The molecule has 4 rings (SSSR count). The molecule has 22 heavy (non-hydrogen) atoms. The third kappa shape index (κ3) is 2.57. The molecule has 1 atom stereocenters. The molecule has 6 heteroatoms. The number of imidazole rings is 1. The second kappa shape index (κ2) is 5.85. The largest absolute Gasteiger partial charge is 0.376 e. The molecule has 0 bridgehead atoms. The van der Waals surface area contributed by atoms with E-state index in [1.54, 1.807) is 17.5 Å². The molecule has 0 aromatic carbocycles. The Labute approximate surface area is 133 Å². The minimum Gasteiger partial charge on any atom is -0.376 e. The summed E-state index contributed by atoms with van der Waals surface area (Å²) in [5.74, 6) is 0.171. The summed E-state index contributed by atoms with van der Waals surface area (Å²) in [5, 5.41) is 0. The number of thiophene rings is 1. The molecule has 0 saturated carbocycles. The number of carbonyl (C=O) groups excluding carboxylic acids is 1. The van der Waals surface area contributed by atoms with Crippen LogP contribution >= 0.6 is 11.3 Å². The van der Waals surface area contributed by atoms with Crippen molar-refractivity contribution in [3.8, 4) is 0 Å². The second-order valence-electron chi connectivity index (χ2n) is 5.92. The van der Waals surface area contributed by atoms with Gasteiger partial charge in [-0.05, 0) is 24.5 Å². The first-order valence-corrected chi connectivity index (χ1v) is 8.59. The van der Waals surface area contributed by atoms with Gasteiger partial charge in [-0.2, -0.15) is 0 Å².